The number of Topliss-reactive ketones (excluding diaryl/α,β-unsaturated/α-hetero) is 1. The molecular formula is C14H16ClNO. The van der Waals surface area contributed by atoms with Crippen molar-refractivity contribution >= 4 is 17.4 Å². The highest BCUT2D eigenvalue weighted by atomic mass is 35.5. The van der Waals surface area contributed by atoms with Gasteiger partial charge >= 0.3 is 0 Å². The number of nitrogens with zero attached hydrogens (tertiary/aromatic N) is 1. The Kier molecular flexibility index (Phi) is 4.31. The van der Waals surface area contributed by atoms with Crippen LogP contribution in [0.5, 0.6) is 0 Å². The predicted octanol–water partition coefficient (Wildman–Crippen LogP) is 3.95. The van der Waals surface area contributed by atoms with E-state index in [4.69, 9.17) is 11.6 Å². The topological polar surface area (TPSA) is 40.9 Å². The van der Waals surface area contributed by atoms with Gasteiger partial charge in [0, 0.05) is 11.4 Å². The van der Waals surface area contributed by atoms with E-state index in [2.05, 4.69) is 6.07 Å². The molecule has 0 aromatic heterocycles. The maximum absolute atomic E-state index is 11.2. The van der Waals surface area contributed by atoms with E-state index in [1.165, 1.54) is 0 Å². The zero-order valence-electron chi connectivity index (χ0n) is 10.3. The molecule has 3 heteroatoms. The highest BCUT2D eigenvalue weighted by Crippen LogP contribution is 2.38. The van der Waals surface area contributed by atoms with Crippen LogP contribution in [0.1, 0.15) is 38.7 Å². The van der Waals surface area contributed by atoms with Crippen molar-refractivity contribution < 1.29 is 4.79 Å². The summed E-state index contributed by atoms with van der Waals surface area (Å²) in [6.07, 6.45) is 0.387. The van der Waals surface area contributed by atoms with Gasteiger partial charge in [-0.25, -0.2) is 0 Å². The lowest BCUT2D eigenvalue weighted by Gasteiger charge is -2.29. The van der Waals surface area contributed by atoms with E-state index in [1.807, 2.05) is 26.0 Å². The van der Waals surface area contributed by atoms with E-state index >= 15 is 0 Å². The zero-order chi connectivity index (χ0) is 13.1. The number of rotatable bonds is 4. The van der Waals surface area contributed by atoms with Gasteiger partial charge in [0.1, 0.15) is 5.78 Å². The minimum absolute atomic E-state index is 0.0947. The third-order valence-electron chi connectivity index (χ3n) is 2.80. The minimum atomic E-state index is -0.384. The van der Waals surface area contributed by atoms with E-state index in [9.17, 15) is 10.1 Å². The van der Waals surface area contributed by atoms with Gasteiger partial charge in [-0.3, -0.25) is 0 Å². The van der Waals surface area contributed by atoms with Crippen LogP contribution in [0.3, 0.4) is 0 Å². The van der Waals surface area contributed by atoms with Crippen LogP contribution in [-0.4, -0.2) is 5.78 Å². The molecule has 0 radical (unpaired) electrons. The van der Waals surface area contributed by atoms with Crippen LogP contribution in [0.4, 0.5) is 0 Å². The van der Waals surface area contributed by atoms with Crippen molar-refractivity contribution in [3.8, 4) is 6.07 Å². The van der Waals surface area contributed by atoms with Gasteiger partial charge in [-0.1, -0.05) is 37.6 Å². The van der Waals surface area contributed by atoms with Crippen LogP contribution < -0.4 is 0 Å². The molecule has 0 aliphatic rings. The number of hydrogen-bond acceptors (Lipinski definition) is 2. The first-order chi connectivity index (χ1) is 7.86. The number of ketones is 1. The van der Waals surface area contributed by atoms with Gasteiger partial charge in [0.25, 0.3) is 0 Å². The lowest BCUT2D eigenvalue weighted by Crippen LogP contribution is -2.23. The Morgan fingerprint density at radius 1 is 1.53 bits per heavy atom. The molecule has 0 saturated carbocycles. The van der Waals surface area contributed by atoms with Gasteiger partial charge in [0.05, 0.1) is 12.0 Å². The molecule has 1 unspecified atom stereocenters. The summed E-state index contributed by atoms with van der Waals surface area (Å²) in [6, 6.07) is 9.55. The Hall–Kier alpha value is -1.33. The Bertz CT molecular complexity index is 460. The molecule has 0 N–H and O–H groups in total. The molecule has 0 spiro atoms. The molecule has 0 bridgehead atoms. The normalized spacial score (nSPS) is 12.9. The van der Waals surface area contributed by atoms with Gasteiger partial charge in [0.15, 0.2) is 0 Å². The van der Waals surface area contributed by atoms with Crippen LogP contribution in [0.2, 0.25) is 5.02 Å². The summed E-state index contributed by atoms with van der Waals surface area (Å²) in [4.78, 5) is 11.2. The standard InChI is InChI=1S/C14H16ClNO/c1-10(17)8-14(2,3)13(9-16)11-5-4-6-12(15)7-11/h4-7,13H,8H2,1-3H3. The first-order valence-corrected chi connectivity index (χ1v) is 5.89. The molecule has 1 aromatic carbocycles. The Balaban J connectivity index is 3.08. The van der Waals surface area contributed by atoms with Crippen LogP contribution in [0.15, 0.2) is 24.3 Å². The highest BCUT2D eigenvalue weighted by Gasteiger charge is 2.32. The van der Waals surface area contributed by atoms with Gasteiger partial charge in [-0.2, -0.15) is 5.26 Å². The summed E-state index contributed by atoms with van der Waals surface area (Å²) in [5, 5.41) is 9.93. The molecular weight excluding hydrogens is 234 g/mol. The summed E-state index contributed by atoms with van der Waals surface area (Å²) in [5.41, 5.74) is 0.483. The summed E-state index contributed by atoms with van der Waals surface area (Å²) >= 11 is 5.93. The fourth-order valence-corrected chi connectivity index (χ4v) is 2.33. The molecule has 0 fully saturated rings. The van der Waals surface area contributed by atoms with Crippen molar-refractivity contribution in [1.82, 2.24) is 0 Å². The predicted molar refractivity (Wildman–Crippen MR) is 68.9 cm³/mol. The van der Waals surface area contributed by atoms with Gasteiger partial charge in [0.2, 0.25) is 0 Å². The number of hydrogen-bond donors (Lipinski definition) is 0. The van der Waals surface area contributed by atoms with E-state index in [0.717, 1.165) is 5.56 Å². The van der Waals surface area contributed by atoms with E-state index in [-0.39, 0.29) is 17.1 Å². The smallest absolute Gasteiger partial charge is 0.130 e. The molecule has 0 heterocycles. The lowest BCUT2D eigenvalue weighted by atomic mass is 9.73. The first-order valence-electron chi connectivity index (χ1n) is 5.51. The molecule has 0 amide bonds. The highest BCUT2D eigenvalue weighted by molar-refractivity contribution is 6.30. The number of nitriles is 1. The van der Waals surface area contributed by atoms with Crippen molar-refractivity contribution in [2.24, 2.45) is 5.41 Å². The second-order valence-electron chi connectivity index (χ2n) is 4.98. The van der Waals surface area contributed by atoms with Crippen molar-refractivity contribution in [2.75, 3.05) is 0 Å². The van der Waals surface area contributed by atoms with Gasteiger partial charge < -0.3 is 4.79 Å². The van der Waals surface area contributed by atoms with Crippen LogP contribution in [0.25, 0.3) is 0 Å². The third-order valence-corrected chi connectivity index (χ3v) is 3.03. The fourth-order valence-electron chi connectivity index (χ4n) is 2.13. The van der Waals surface area contributed by atoms with E-state index in [1.54, 1.807) is 19.1 Å². The summed E-state index contributed by atoms with van der Waals surface area (Å²) in [7, 11) is 0. The van der Waals surface area contributed by atoms with Crippen molar-refractivity contribution in [2.45, 2.75) is 33.1 Å². The average molecular weight is 250 g/mol. The lowest BCUT2D eigenvalue weighted by molar-refractivity contribution is -0.118. The maximum atomic E-state index is 11.2. The van der Waals surface area contributed by atoms with E-state index < -0.39 is 0 Å². The molecule has 17 heavy (non-hydrogen) atoms. The third kappa shape index (κ3) is 3.57. The summed E-state index contributed by atoms with van der Waals surface area (Å²) in [5.74, 6) is -0.234. The Morgan fingerprint density at radius 3 is 2.65 bits per heavy atom. The van der Waals surface area contributed by atoms with Crippen molar-refractivity contribution in [3.05, 3.63) is 34.9 Å². The second-order valence-corrected chi connectivity index (χ2v) is 5.42. The molecule has 0 saturated heterocycles. The van der Waals surface area contributed by atoms with Gasteiger partial charge in [-0.05, 0) is 30.0 Å². The Morgan fingerprint density at radius 2 is 2.18 bits per heavy atom. The number of carbonyl (C=O) groups excluding carboxylic acids is 1. The summed E-state index contributed by atoms with van der Waals surface area (Å²) < 4.78 is 0. The first kappa shape index (κ1) is 13.7. The Labute approximate surface area is 107 Å². The van der Waals surface area contributed by atoms with E-state index in [0.29, 0.717) is 11.4 Å². The monoisotopic (exact) mass is 249 g/mol. The van der Waals surface area contributed by atoms with Crippen molar-refractivity contribution in [3.63, 3.8) is 0 Å². The largest absolute Gasteiger partial charge is 0.300 e. The van der Waals surface area contributed by atoms with Crippen molar-refractivity contribution in [1.29, 1.82) is 5.26 Å². The quantitative estimate of drug-likeness (QED) is 0.811. The molecule has 0 aliphatic heterocycles. The van der Waals surface area contributed by atoms with Crippen LogP contribution in [-0.2, 0) is 4.79 Å². The summed E-state index contributed by atoms with van der Waals surface area (Å²) in [6.45, 7) is 5.42. The van der Waals surface area contributed by atoms with Crippen LogP contribution in [0, 0.1) is 16.7 Å². The van der Waals surface area contributed by atoms with Gasteiger partial charge in [-0.15, -0.1) is 0 Å². The molecule has 0 aliphatic carbocycles. The molecule has 1 atom stereocenters. The number of carbonyl (C=O) groups is 1. The average Bonchev–Trinajstić information content (AvgIpc) is 2.15. The molecule has 1 aromatic rings. The molecule has 1 rings (SSSR count). The zero-order valence-corrected chi connectivity index (χ0v) is 11.1. The fraction of sp³-hybridized carbons (Fsp3) is 0.429. The van der Waals surface area contributed by atoms with Crippen LogP contribution >= 0.6 is 11.6 Å². The second kappa shape index (κ2) is 5.33. The minimum Gasteiger partial charge on any atom is -0.300 e. The maximum Gasteiger partial charge on any atom is 0.130 e. The SMILES string of the molecule is CC(=O)CC(C)(C)C(C#N)c1cccc(Cl)c1. The number of benzene rings is 1. The molecule has 90 valence electrons. The molecule has 2 nitrogen and oxygen atoms in total. The number of halogens is 1.